The minimum atomic E-state index is -1.84. The minimum absolute atomic E-state index is 0.0939. The van der Waals surface area contributed by atoms with Crippen molar-refractivity contribution in [2.45, 2.75) is 64.4 Å². The van der Waals surface area contributed by atoms with Crippen LogP contribution in [-0.2, 0) is 20.7 Å². The first-order chi connectivity index (χ1) is 16.7. The number of methoxy groups -OCH3 is 1. The van der Waals surface area contributed by atoms with Crippen LogP contribution in [0.2, 0.25) is 0 Å². The Labute approximate surface area is 213 Å². The average Bonchev–Trinajstić information content (AvgIpc) is 2.81. The first-order valence-corrected chi connectivity index (χ1v) is 11.9. The largest absolute Gasteiger partial charge is 0.444 e. The lowest BCUT2D eigenvalue weighted by atomic mass is 9.87. The molecule has 0 aromatic heterocycles. The van der Waals surface area contributed by atoms with E-state index in [1.807, 2.05) is 31.1 Å². The maximum atomic E-state index is 13.2. The molecule has 0 spiro atoms. The number of aliphatic hydroxyl groups is 1. The summed E-state index contributed by atoms with van der Waals surface area (Å²) in [5, 5.41) is 13.4. The Bertz CT molecular complexity index is 1050. The molecule has 0 saturated heterocycles. The van der Waals surface area contributed by atoms with Crippen molar-refractivity contribution in [3.8, 4) is 0 Å². The molecular formula is C28H38N2O6. The first kappa shape index (κ1) is 29.0. The van der Waals surface area contributed by atoms with E-state index in [4.69, 9.17) is 9.47 Å². The van der Waals surface area contributed by atoms with E-state index in [0.717, 1.165) is 5.69 Å². The summed E-state index contributed by atoms with van der Waals surface area (Å²) in [7, 11) is 5.26. The number of ether oxygens (including phenoxy) is 2. The van der Waals surface area contributed by atoms with Crippen LogP contribution in [0.25, 0.3) is 0 Å². The number of ketones is 2. The summed E-state index contributed by atoms with van der Waals surface area (Å²) >= 11 is 0. The topological polar surface area (TPSA) is 105 Å². The maximum Gasteiger partial charge on any atom is 0.408 e. The number of Topliss-reactive ketones (excluding diaryl/α,β-unsaturated/α-hetero) is 1. The van der Waals surface area contributed by atoms with Crippen molar-refractivity contribution in [1.29, 1.82) is 0 Å². The van der Waals surface area contributed by atoms with Crippen molar-refractivity contribution in [1.82, 2.24) is 5.32 Å². The third-order valence-corrected chi connectivity index (χ3v) is 5.95. The Morgan fingerprint density at radius 3 is 1.89 bits per heavy atom. The lowest BCUT2D eigenvalue weighted by Gasteiger charge is -2.32. The Balaban J connectivity index is 2.25. The standard InChI is InChI=1S/C28H38N2O6/c1-18(35-8)28(5,34)25(32)23(29-26(33)36-27(2,3)4)17-19-9-11-20(12-10-19)24(31)21-13-15-22(16-14-21)30(6)7/h9-16,18,23,34H,17H2,1-8H3,(H,29,33). The highest BCUT2D eigenvalue weighted by Gasteiger charge is 2.42. The van der Waals surface area contributed by atoms with Crippen molar-refractivity contribution in [3.05, 3.63) is 65.2 Å². The van der Waals surface area contributed by atoms with Crippen LogP contribution >= 0.6 is 0 Å². The zero-order valence-corrected chi connectivity index (χ0v) is 22.4. The summed E-state index contributed by atoms with van der Waals surface area (Å²) in [6.07, 6.45) is -1.47. The fourth-order valence-electron chi connectivity index (χ4n) is 3.55. The van der Waals surface area contributed by atoms with E-state index in [2.05, 4.69) is 5.32 Å². The van der Waals surface area contributed by atoms with Gasteiger partial charge in [-0.3, -0.25) is 9.59 Å². The minimum Gasteiger partial charge on any atom is -0.444 e. The van der Waals surface area contributed by atoms with Gasteiger partial charge in [0, 0.05) is 38.0 Å². The van der Waals surface area contributed by atoms with E-state index in [1.165, 1.54) is 14.0 Å². The van der Waals surface area contributed by atoms with Gasteiger partial charge in [0.1, 0.15) is 11.2 Å². The monoisotopic (exact) mass is 498 g/mol. The molecule has 2 N–H and O–H groups in total. The lowest BCUT2D eigenvalue weighted by Crippen LogP contribution is -2.56. The van der Waals surface area contributed by atoms with Crippen molar-refractivity contribution in [2.24, 2.45) is 0 Å². The van der Waals surface area contributed by atoms with Crippen LogP contribution in [0.3, 0.4) is 0 Å². The van der Waals surface area contributed by atoms with Gasteiger partial charge in [0.15, 0.2) is 11.6 Å². The Kier molecular flexibility index (Phi) is 9.40. The smallest absolute Gasteiger partial charge is 0.408 e. The van der Waals surface area contributed by atoms with Crippen LogP contribution < -0.4 is 10.2 Å². The fourth-order valence-corrected chi connectivity index (χ4v) is 3.55. The number of carbonyl (C=O) groups is 3. The van der Waals surface area contributed by atoms with Gasteiger partial charge in [-0.2, -0.15) is 0 Å². The van der Waals surface area contributed by atoms with Gasteiger partial charge in [-0.1, -0.05) is 24.3 Å². The second-order valence-electron chi connectivity index (χ2n) is 10.3. The molecule has 1 amide bonds. The average molecular weight is 499 g/mol. The number of anilines is 1. The summed E-state index contributed by atoms with van der Waals surface area (Å²) in [6, 6.07) is 13.1. The number of hydrogen-bond donors (Lipinski definition) is 2. The molecular weight excluding hydrogens is 460 g/mol. The number of amides is 1. The van der Waals surface area contributed by atoms with Crippen LogP contribution in [0.1, 0.15) is 56.1 Å². The Morgan fingerprint density at radius 1 is 0.944 bits per heavy atom. The third kappa shape index (κ3) is 7.63. The molecule has 0 bridgehead atoms. The summed E-state index contributed by atoms with van der Waals surface area (Å²) in [6.45, 7) is 8.09. The predicted octanol–water partition coefficient (Wildman–Crippen LogP) is 3.77. The zero-order valence-electron chi connectivity index (χ0n) is 22.4. The summed E-state index contributed by atoms with van der Waals surface area (Å²) in [4.78, 5) is 40.6. The van der Waals surface area contributed by atoms with E-state index in [-0.39, 0.29) is 12.2 Å². The van der Waals surface area contributed by atoms with E-state index in [1.54, 1.807) is 64.1 Å². The number of hydrogen-bond acceptors (Lipinski definition) is 7. The highest BCUT2D eigenvalue weighted by molar-refractivity contribution is 6.09. The van der Waals surface area contributed by atoms with Gasteiger partial charge in [-0.05, 0) is 70.9 Å². The Morgan fingerprint density at radius 2 is 1.44 bits per heavy atom. The van der Waals surface area contributed by atoms with Crippen molar-refractivity contribution in [2.75, 3.05) is 26.1 Å². The molecule has 0 saturated carbocycles. The fraction of sp³-hybridized carbons (Fsp3) is 0.464. The van der Waals surface area contributed by atoms with Crippen LogP contribution in [0.4, 0.5) is 10.5 Å². The molecule has 8 heteroatoms. The molecule has 8 nitrogen and oxygen atoms in total. The number of nitrogens with zero attached hydrogens (tertiary/aromatic N) is 1. The molecule has 0 aliphatic heterocycles. The van der Waals surface area contributed by atoms with Gasteiger partial charge < -0.3 is 24.8 Å². The summed E-state index contributed by atoms with van der Waals surface area (Å²) in [5.74, 6) is -0.730. The molecule has 3 atom stereocenters. The van der Waals surface area contributed by atoms with E-state index >= 15 is 0 Å². The SMILES string of the molecule is COC(C)C(C)(O)C(=O)C(Cc1ccc(C(=O)c2ccc(N(C)C)cc2)cc1)NC(=O)OC(C)(C)C. The number of benzene rings is 2. The normalized spacial score (nSPS) is 14.8. The molecule has 0 heterocycles. The van der Waals surface area contributed by atoms with Crippen LogP contribution in [0.5, 0.6) is 0 Å². The van der Waals surface area contributed by atoms with Crippen LogP contribution in [0.15, 0.2) is 48.5 Å². The molecule has 2 rings (SSSR count). The molecule has 0 aliphatic carbocycles. The van der Waals surface area contributed by atoms with Crippen LogP contribution in [-0.4, -0.2) is 67.3 Å². The van der Waals surface area contributed by atoms with Gasteiger partial charge in [0.05, 0.1) is 12.1 Å². The molecule has 0 radical (unpaired) electrons. The Hall–Kier alpha value is -3.23. The van der Waals surface area contributed by atoms with Gasteiger partial charge in [-0.15, -0.1) is 0 Å². The second-order valence-corrected chi connectivity index (χ2v) is 10.3. The summed E-state index contributed by atoms with van der Waals surface area (Å²) in [5.41, 5.74) is 0.158. The summed E-state index contributed by atoms with van der Waals surface area (Å²) < 4.78 is 10.5. The maximum absolute atomic E-state index is 13.2. The molecule has 0 aliphatic rings. The number of carbonyl (C=O) groups excluding carboxylic acids is 3. The van der Waals surface area contributed by atoms with Gasteiger partial charge in [0.2, 0.25) is 0 Å². The second kappa shape index (κ2) is 11.7. The highest BCUT2D eigenvalue weighted by atomic mass is 16.6. The quantitative estimate of drug-likeness (QED) is 0.481. The zero-order chi connectivity index (χ0) is 27.3. The molecule has 3 unspecified atom stereocenters. The molecule has 0 fully saturated rings. The van der Waals surface area contributed by atoms with E-state index < -0.39 is 35.2 Å². The van der Waals surface area contributed by atoms with Gasteiger partial charge in [0.25, 0.3) is 0 Å². The number of alkyl carbamates (subject to hydrolysis) is 1. The van der Waals surface area contributed by atoms with Gasteiger partial charge >= 0.3 is 6.09 Å². The first-order valence-electron chi connectivity index (χ1n) is 11.9. The molecule has 36 heavy (non-hydrogen) atoms. The van der Waals surface area contributed by atoms with E-state index in [9.17, 15) is 19.5 Å². The van der Waals surface area contributed by atoms with Gasteiger partial charge in [-0.25, -0.2) is 4.79 Å². The number of rotatable bonds is 10. The predicted molar refractivity (Wildman–Crippen MR) is 140 cm³/mol. The van der Waals surface area contributed by atoms with Crippen LogP contribution in [0, 0.1) is 0 Å². The third-order valence-electron chi connectivity index (χ3n) is 5.95. The highest BCUT2D eigenvalue weighted by Crippen LogP contribution is 2.20. The molecule has 2 aromatic carbocycles. The lowest BCUT2D eigenvalue weighted by molar-refractivity contribution is -0.150. The van der Waals surface area contributed by atoms with Crippen molar-refractivity contribution < 1.29 is 29.0 Å². The molecule has 196 valence electrons. The van der Waals surface area contributed by atoms with E-state index in [0.29, 0.717) is 16.7 Å². The number of nitrogens with one attached hydrogen (secondary N) is 1. The van der Waals surface area contributed by atoms with Crippen molar-refractivity contribution in [3.63, 3.8) is 0 Å². The molecule has 2 aromatic rings. The van der Waals surface area contributed by atoms with Crippen molar-refractivity contribution >= 4 is 23.3 Å².